The van der Waals surface area contributed by atoms with Gasteiger partial charge >= 0.3 is 0 Å². The van der Waals surface area contributed by atoms with Gasteiger partial charge in [0.1, 0.15) is 0 Å². The summed E-state index contributed by atoms with van der Waals surface area (Å²) in [7, 11) is 0. The van der Waals surface area contributed by atoms with Gasteiger partial charge in [0.2, 0.25) is 0 Å². The minimum atomic E-state index is 0.362. The van der Waals surface area contributed by atoms with Crippen LogP contribution in [0.1, 0.15) is 44.9 Å². The average Bonchev–Trinajstić information content (AvgIpc) is 2.69. The van der Waals surface area contributed by atoms with Crippen molar-refractivity contribution in [2.24, 2.45) is 11.1 Å². The van der Waals surface area contributed by atoms with Crippen molar-refractivity contribution in [3.63, 3.8) is 0 Å². The molecule has 1 unspecified atom stereocenters. The summed E-state index contributed by atoms with van der Waals surface area (Å²) >= 11 is 0. The third-order valence-corrected chi connectivity index (χ3v) is 3.87. The number of ether oxygens (including phenoxy) is 1. The maximum atomic E-state index is 5.92. The van der Waals surface area contributed by atoms with Gasteiger partial charge in [-0.3, -0.25) is 0 Å². The lowest BCUT2D eigenvalue weighted by atomic mass is 9.77. The first-order valence-corrected chi connectivity index (χ1v) is 5.69. The van der Waals surface area contributed by atoms with Gasteiger partial charge in [0.15, 0.2) is 0 Å². The molecule has 0 aromatic heterocycles. The highest BCUT2D eigenvalue weighted by Gasteiger charge is 2.41. The molecule has 76 valence electrons. The maximum absolute atomic E-state index is 5.92. The van der Waals surface area contributed by atoms with E-state index in [2.05, 4.69) is 0 Å². The number of rotatable bonds is 2. The molecule has 0 amide bonds. The van der Waals surface area contributed by atoms with Crippen LogP contribution in [0.15, 0.2) is 0 Å². The molecule has 0 aromatic rings. The SMILES string of the molecule is NCC1(C2CCCCO2)CCCC1. The predicted molar refractivity (Wildman–Crippen MR) is 53.5 cm³/mol. The zero-order chi connectivity index (χ0) is 9.15. The van der Waals surface area contributed by atoms with Crippen LogP contribution in [-0.4, -0.2) is 19.3 Å². The monoisotopic (exact) mass is 183 g/mol. The highest BCUT2D eigenvalue weighted by Crippen LogP contribution is 2.44. The van der Waals surface area contributed by atoms with Gasteiger partial charge in [-0.1, -0.05) is 12.8 Å². The first-order chi connectivity index (χ1) is 6.37. The van der Waals surface area contributed by atoms with Crippen LogP contribution in [0.5, 0.6) is 0 Å². The van der Waals surface area contributed by atoms with E-state index in [1.165, 1.54) is 44.9 Å². The molecule has 2 fully saturated rings. The Morgan fingerprint density at radius 2 is 1.92 bits per heavy atom. The number of nitrogens with two attached hydrogens (primary N) is 1. The lowest BCUT2D eigenvalue weighted by Crippen LogP contribution is -2.42. The molecule has 2 aliphatic rings. The van der Waals surface area contributed by atoms with Crippen LogP contribution in [-0.2, 0) is 4.74 Å². The molecular formula is C11H21NO. The highest BCUT2D eigenvalue weighted by atomic mass is 16.5. The minimum Gasteiger partial charge on any atom is -0.378 e. The van der Waals surface area contributed by atoms with Crippen LogP contribution >= 0.6 is 0 Å². The fraction of sp³-hybridized carbons (Fsp3) is 1.00. The van der Waals surface area contributed by atoms with E-state index in [1.807, 2.05) is 0 Å². The molecule has 0 spiro atoms. The van der Waals surface area contributed by atoms with E-state index in [0.29, 0.717) is 11.5 Å². The Kier molecular flexibility index (Phi) is 2.89. The molecule has 1 saturated carbocycles. The Bertz CT molecular complexity index is 157. The molecule has 13 heavy (non-hydrogen) atoms. The molecule has 1 aliphatic carbocycles. The van der Waals surface area contributed by atoms with E-state index < -0.39 is 0 Å². The Morgan fingerprint density at radius 3 is 2.46 bits per heavy atom. The van der Waals surface area contributed by atoms with E-state index in [4.69, 9.17) is 10.5 Å². The fourth-order valence-electron chi connectivity index (χ4n) is 2.96. The summed E-state index contributed by atoms with van der Waals surface area (Å²) < 4.78 is 5.88. The van der Waals surface area contributed by atoms with Crippen molar-refractivity contribution in [1.29, 1.82) is 0 Å². The average molecular weight is 183 g/mol. The van der Waals surface area contributed by atoms with E-state index in [9.17, 15) is 0 Å². The molecule has 1 saturated heterocycles. The standard InChI is InChI=1S/C11H21NO/c12-9-11(6-2-3-7-11)10-5-1-4-8-13-10/h10H,1-9,12H2. The molecule has 2 N–H and O–H groups in total. The first kappa shape index (κ1) is 9.47. The zero-order valence-corrected chi connectivity index (χ0v) is 8.43. The van der Waals surface area contributed by atoms with Crippen LogP contribution in [0.2, 0.25) is 0 Å². The van der Waals surface area contributed by atoms with Gasteiger partial charge < -0.3 is 10.5 Å². The Labute approximate surface area is 80.8 Å². The Balaban J connectivity index is 2.01. The lowest BCUT2D eigenvalue weighted by molar-refractivity contribution is -0.0630. The quantitative estimate of drug-likeness (QED) is 0.711. The van der Waals surface area contributed by atoms with Crippen LogP contribution in [0.3, 0.4) is 0 Å². The van der Waals surface area contributed by atoms with Crippen LogP contribution in [0.4, 0.5) is 0 Å². The molecule has 0 bridgehead atoms. The maximum Gasteiger partial charge on any atom is 0.0643 e. The molecule has 0 aromatic carbocycles. The van der Waals surface area contributed by atoms with Crippen molar-refractivity contribution in [3.05, 3.63) is 0 Å². The van der Waals surface area contributed by atoms with Gasteiger partial charge in [-0.2, -0.15) is 0 Å². The summed E-state index contributed by atoms with van der Waals surface area (Å²) in [6.07, 6.45) is 9.63. The molecule has 0 radical (unpaired) electrons. The molecule has 1 heterocycles. The first-order valence-electron chi connectivity index (χ1n) is 5.69. The van der Waals surface area contributed by atoms with Crippen molar-refractivity contribution in [2.45, 2.75) is 51.0 Å². The summed E-state index contributed by atoms with van der Waals surface area (Å²) in [6, 6.07) is 0. The van der Waals surface area contributed by atoms with Crippen molar-refractivity contribution >= 4 is 0 Å². The molecule has 2 nitrogen and oxygen atoms in total. The summed E-state index contributed by atoms with van der Waals surface area (Å²) in [5.41, 5.74) is 6.28. The van der Waals surface area contributed by atoms with Crippen molar-refractivity contribution in [1.82, 2.24) is 0 Å². The normalized spacial score (nSPS) is 33.5. The lowest BCUT2D eigenvalue weighted by Gasteiger charge is -2.38. The molecule has 2 heteroatoms. The predicted octanol–water partition coefficient (Wildman–Crippen LogP) is 2.07. The summed E-state index contributed by atoms with van der Waals surface area (Å²) in [4.78, 5) is 0. The highest BCUT2D eigenvalue weighted by molar-refractivity contribution is 4.93. The van der Waals surface area contributed by atoms with Gasteiger partial charge in [0.25, 0.3) is 0 Å². The van der Waals surface area contributed by atoms with Crippen molar-refractivity contribution in [2.75, 3.05) is 13.2 Å². The van der Waals surface area contributed by atoms with Crippen molar-refractivity contribution in [3.8, 4) is 0 Å². The summed E-state index contributed by atoms with van der Waals surface area (Å²) in [6.45, 7) is 1.80. The van der Waals surface area contributed by atoms with Gasteiger partial charge in [-0.25, -0.2) is 0 Å². The van der Waals surface area contributed by atoms with Crippen LogP contribution in [0, 0.1) is 5.41 Å². The van der Waals surface area contributed by atoms with Crippen LogP contribution < -0.4 is 5.73 Å². The molecule has 2 rings (SSSR count). The third-order valence-electron chi connectivity index (χ3n) is 3.87. The topological polar surface area (TPSA) is 35.2 Å². The van der Waals surface area contributed by atoms with Gasteiger partial charge in [0, 0.05) is 18.6 Å². The van der Waals surface area contributed by atoms with E-state index in [-0.39, 0.29) is 0 Å². The van der Waals surface area contributed by atoms with E-state index in [0.717, 1.165) is 13.2 Å². The fourth-order valence-corrected chi connectivity index (χ4v) is 2.96. The van der Waals surface area contributed by atoms with Gasteiger partial charge in [-0.05, 0) is 32.1 Å². The third kappa shape index (κ3) is 1.75. The largest absolute Gasteiger partial charge is 0.378 e. The Hall–Kier alpha value is -0.0800. The molecule has 1 aliphatic heterocycles. The minimum absolute atomic E-state index is 0.362. The smallest absolute Gasteiger partial charge is 0.0643 e. The number of hydrogen-bond donors (Lipinski definition) is 1. The summed E-state index contributed by atoms with van der Waals surface area (Å²) in [5, 5.41) is 0. The second-order valence-electron chi connectivity index (χ2n) is 4.63. The second-order valence-corrected chi connectivity index (χ2v) is 4.63. The Morgan fingerprint density at radius 1 is 1.15 bits per heavy atom. The van der Waals surface area contributed by atoms with Gasteiger partial charge in [0.05, 0.1) is 6.10 Å². The molecular weight excluding hydrogens is 162 g/mol. The number of hydrogen-bond acceptors (Lipinski definition) is 2. The van der Waals surface area contributed by atoms with E-state index in [1.54, 1.807) is 0 Å². The van der Waals surface area contributed by atoms with E-state index >= 15 is 0 Å². The zero-order valence-electron chi connectivity index (χ0n) is 8.43. The summed E-state index contributed by atoms with van der Waals surface area (Å²) in [5.74, 6) is 0. The molecule has 1 atom stereocenters. The van der Waals surface area contributed by atoms with Gasteiger partial charge in [-0.15, -0.1) is 0 Å². The second kappa shape index (κ2) is 3.97. The van der Waals surface area contributed by atoms with Crippen LogP contribution in [0.25, 0.3) is 0 Å². The van der Waals surface area contributed by atoms with Crippen molar-refractivity contribution < 1.29 is 4.74 Å².